The van der Waals surface area contributed by atoms with Crippen LogP contribution < -0.4 is 0 Å². The third kappa shape index (κ3) is 3.47. The lowest BCUT2D eigenvalue weighted by atomic mass is 10.0. The highest BCUT2D eigenvalue weighted by Gasteiger charge is 2.34. The second-order valence-corrected chi connectivity index (χ2v) is 4.33. The Labute approximate surface area is 110 Å². The van der Waals surface area contributed by atoms with E-state index >= 15 is 0 Å². The third-order valence-corrected chi connectivity index (χ3v) is 2.78. The molecule has 0 heterocycles. The molecule has 19 heavy (non-hydrogen) atoms. The van der Waals surface area contributed by atoms with Crippen molar-refractivity contribution in [3.05, 3.63) is 71.3 Å². The van der Waals surface area contributed by atoms with Crippen LogP contribution in [0, 0.1) is 6.92 Å². The lowest BCUT2D eigenvalue weighted by molar-refractivity contribution is -0.0683. The first-order valence-corrected chi connectivity index (χ1v) is 5.88. The average Bonchev–Trinajstić information content (AvgIpc) is 2.37. The van der Waals surface area contributed by atoms with Gasteiger partial charge in [0.2, 0.25) is 0 Å². The molecule has 0 amide bonds. The van der Waals surface area contributed by atoms with Gasteiger partial charge in [0, 0.05) is 0 Å². The number of hydrogen-bond acceptors (Lipinski definition) is 0. The molecule has 0 radical (unpaired) electrons. The molecule has 98 valence electrons. The Hall–Kier alpha value is -2.03. The van der Waals surface area contributed by atoms with Crippen LogP contribution in [-0.2, 0) is 0 Å². The maximum atomic E-state index is 13.1. The van der Waals surface area contributed by atoms with Crippen LogP contribution in [-0.4, -0.2) is 6.18 Å². The van der Waals surface area contributed by atoms with Gasteiger partial charge in [0.15, 0.2) is 0 Å². The van der Waals surface area contributed by atoms with Crippen molar-refractivity contribution >= 4 is 11.6 Å². The fraction of sp³-hybridized carbons (Fsp3) is 0.125. The first-order valence-electron chi connectivity index (χ1n) is 5.88. The molecule has 3 heteroatoms. The summed E-state index contributed by atoms with van der Waals surface area (Å²) in [7, 11) is 0. The molecule has 0 aliphatic carbocycles. The van der Waals surface area contributed by atoms with Crippen LogP contribution in [0.25, 0.3) is 11.6 Å². The van der Waals surface area contributed by atoms with Crippen molar-refractivity contribution in [2.75, 3.05) is 0 Å². The molecule has 0 aromatic heterocycles. The van der Waals surface area contributed by atoms with E-state index in [1.165, 1.54) is 18.2 Å². The Morgan fingerprint density at radius 1 is 0.895 bits per heavy atom. The van der Waals surface area contributed by atoms with Gasteiger partial charge in [0.05, 0.1) is 5.57 Å². The summed E-state index contributed by atoms with van der Waals surface area (Å²) in [4.78, 5) is 0. The Morgan fingerprint density at radius 3 is 2.00 bits per heavy atom. The van der Waals surface area contributed by atoms with Gasteiger partial charge in [-0.25, -0.2) is 0 Å². The first-order chi connectivity index (χ1) is 8.97. The fourth-order valence-corrected chi connectivity index (χ4v) is 1.78. The molecule has 0 unspecified atom stereocenters. The SMILES string of the molecule is Cc1ccc(/C(=C\c2ccccc2)C(F)(F)F)cc1. The average molecular weight is 262 g/mol. The Kier molecular flexibility index (Phi) is 3.74. The molecular weight excluding hydrogens is 249 g/mol. The van der Waals surface area contributed by atoms with E-state index in [2.05, 4.69) is 0 Å². The monoisotopic (exact) mass is 262 g/mol. The number of alkyl halides is 3. The highest BCUT2D eigenvalue weighted by Crippen LogP contribution is 2.35. The third-order valence-electron chi connectivity index (χ3n) is 2.78. The molecule has 0 saturated carbocycles. The summed E-state index contributed by atoms with van der Waals surface area (Å²) in [6.07, 6.45) is -3.20. The lowest BCUT2D eigenvalue weighted by Gasteiger charge is -2.12. The summed E-state index contributed by atoms with van der Waals surface area (Å²) in [6, 6.07) is 14.9. The molecule has 2 aromatic carbocycles. The molecule has 0 aliphatic heterocycles. The van der Waals surface area contributed by atoms with Crippen LogP contribution in [0.15, 0.2) is 54.6 Å². The van der Waals surface area contributed by atoms with Crippen molar-refractivity contribution in [2.45, 2.75) is 13.1 Å². The maximum absolute atomic E-state index is 13.1. The summed E-state index contributed by atoms with van der Waals surface area (Å²) < 4.78 is 39.4. The molecule has 0 N–H and O–H groups in total. The molecule has 2 rings (SSSR count). The second-order valence-electron chi connectivity index (χ2n) is 4.33. The Balaban J connectivity index is 2.48. The summed E-state index contributed by atoms with van der Waals surface area (Å²) in [5, 5.41) is 0. The quantitative estimate of drug-likeness (QED) is 0.661. The highest BCUT2D eigenvalue weighted by atomic mass is 19.4. The Bertz CT molecular complexity index is 563. The van der Waals surface area contributed by atoms with E-state index in [9.17, 15) is 13.2 Å². The predicted molar refractivity (Wildman–Crippen MR) is 71.5 cm³/mol. The second kappa shape index (κ2) is 5.31. The standard InChI is InChI=1S/C16H13F3/c1-12-7-9-14(10-8-12)15(16(17,18)19)11-13-5-3-2-4-6-13/h2-11H,1H3/b15-11+. The van der Waals surface area contributed by atoms with Crippen molar-refractivity contribution in [3.63, 3.8) is 0 Å². The van der Waals surface area contributed by atoms with Gasteiger partial charge in [0.1, 0.15) is 0 Å². The number of rotatable bonds is 2. The molecule has 0 bridgehead atoms. The van der Waals surface area contributed by atoms with Gasteiger partial charge in [0.25, 0.3) is 0 Å². The zero-order chi connectivity index (χ0) is 13.9. The van der Waals surface area contributed by atoms with Gasteiger partial charge in [-0.3, -0.25) is 0 Å². The molecular formula is C16H13F3. The first kappa shape index (κ1) is 13.4. The summed E-state index contributed by atoms with van der Waals surface area (Å²) >= 11 is 0. The molecule has 0 aliphatic rings. The van der Waals surface area contributed by atoms with E-state index in [0.29, 0.717) is 5.56 Å². The maximum Gasteiger partial charge on any atom is 0.417 e. The van der Waals surface area contributed by atoms with Crippen LogP contribution in [0.2, 0.25) is 0 Å². The van der Waals surface area contributed by atoms with E-state index in [0.717, 1.165) is 5.56 Å². The predicted octanol–water partition coefficient (Wildman–Crippen LogP) is 5.10. The van der Waals surface area contributed by atoms with E-state index in [1.807, 2.05) is 6.92 Å². The minimum absolute atomic E-state index is 0.182. The highest BCUT2D eigenvalue weighted by molar-refractivity contribution is 5.84. The van der Waals surface area contributed by atoms with Crippen molar-refractivity contribution in [3.8, 4) is 0 Å². The van der Waals surface area contributed by atoms with Crippen LogP contribution in [0.1, 0.15) is 16.7 Å². The van der Waals surface area contributed by atoms with Crippen LogP contribution >= 0.6 is 0 Å². The number of benzene rings is 2. The van der Waals surface area contributed by atoms with Crippen LogP contribution in [0.5, 0.6) is 0 Å². The summed E-state index contributed by atoms with van der Waals surface area (Å²) in [6.45, 7) is 1.85. The van der Waals surface area contributed by atoms with Crippen molar-refractivity contribution in [2.24, 2.45) is 0 Å². The number of halogens is 3. The molecule has 0 atom stereocenters. The van der Waals surface area contributed by atoms with Crippen LogP contribution in [0.3, 0.4) is 0 Å². The zero-order valence-corrected chi connectivity index (χ0v) is 10.4. The number of hydrogen-bond donors (Lipinski definition) is 0. The van der Waals surface area contributed by atoms with E-state index < -0.39 is 11.7 Å². The van der Waals surface area contributed by atoms with Gasteiger partial charge >= 0.3 is 6.18 Å². The summed E-state index contributed by atoms with van der Waals surface area (Å²) in [5.41, 5.74) is 1.03. The largest absolute Gasteiger partial charge is 0.417 e. The molecule has 2 aromatic rings. The topological polar surface area (TPSA) is 0 Å². The normalized spacial score (nSPS) is 12.5. The molecule has 0 saturated heterocycles. The molecule has 0 fully saturated rings. The smallest absolute Gasteiger partial charge is 0.166 e. The van der Waals surface area contributed by atoms with Gasteiger partial charge < -0.3 is 0 Å². The molecule has 0 spiro atoms. The van der Waals surface area contributed by atoms with Gasteiger partial charge in [-0.05, 0) is 24.1 Å². The van der Waals surface area contributed by atoms with E-state index in [-0.39, 0.29) is 5.56 Å². The zero-order valence-electron chi connectivity index (χ0n) is 10.4. The van der Waals surface area contributed by atoms with Crippen molar-refractivity contribution in [1.29, 1.82) is 0 Å². The molecule has 0 nitrogen and oxygen atoms in total. The van der Waals surface area contributed by atoms with Crippen molar-refractivity contribution in [1.82, 2.24) is 0 Å². The minimum atomic E-state index is -4.37. The summed E-state index contributed by atoms with van der Waals surface area (Å²) in [5.74, 6) is 0. The minimum Gasteiger partial charge on any atom is -0.166 e. The number of aryl methyl sites for hydroxylation is 1. The van der Waals surface area contributed by atoms with Gasteiger partial charge in [-0.1, -0.05) is 60.2 Å². The van der Waals surface area contributed by atoms with Crippen LogP contribution in [0.4, 0.5) is 13.2 Å². The Morgan fingerprint density at radius 2 is 1.47 bits per heavy atom. The van der Waals surface area contributed by atoms with E-state index in [1.54, 1.807) is 42.5 Å². The number of allylic oxidation sites excluding steroid dienone is 1. The van der Waals surface area contributed by atoms with Gasteiger partial charge in [-0.15, -0.1) is 0 Å². The van der Waals surface area contributed by atoms with Gasteiger partial charge in [-0.2, -0.15) is 13.2 Å². The fourth-order valence-electron chi connectivity index (χ4n) is 1.78. The van der Waals surface area contributed by atoms with Crippen molar-refractivity contribution < 1.29 is 13.2 Å². The lowest BCUT2D eigenvalue weighted by Crippen LogP contribution is -2.10. The van der Waals surface area contributed by atoms with E-state index in [4.69, 9.17) is 0 Å².